The molecule has 2 aromatic carbocycles. The highest BCUT2D eigenvalue weighted by molar-refractivity contribution is 5.93. The van der Waals surface area contributed by atoms with Gasteiger partial charge in [-0.25, -0.2) is 14.8 Å². The molecule has 9 nitrogen and oxygen atoms in total. The van der Waals surface area contributed by atoms with Gasteiger partial charge < -0.3 is 15.4 Å². The van der Waals surface area contributed by atoms with E-state index >= 15 is 0 Å². The Morgan fingerprint density at radius 1 is 1.03 bits per heavy atom. The molecule has 0 saturated carbocycles. The summed E-state index contributed by atoms with van der Waals surface area (Å²) in [4.78, 5) is 47.1. The van der Waals surface area contributed by atoms with Gasteiger partial charge in [0.1, 0.15) is 6.33 Å². The largest absolute Gasteiger partial charge is 0.478 e. The van der Waals surface area contributed by atoms with Crippen LogP contribution in [0.25, 0.3) is 11.2 Å². The number of hydrogen-bond donors (Lipinski definition) is 3. The number of carbonyl (C=O) groups excluding carboxylic acids is 1. The Labute approximate surface area is 170 Å². The number of aromatic nitrogens is 4. The number of fused-ring (bicyclic) bond motifs is 1. The molecule has 0 spiro atoms. The molecule has 9 heteroatoms. The second kappa shape index (κ2) is 8.00. The Kier molecular flexibility index (Phi) is 5.08. The summed E-state index contributed by atoms with van der Waals surface area (Å²) in [5.41, 5.74) is 1.75. The lowest BCUT2D eigenvalue weighted by Gasteiger charge is -2.05. The molecule has 0 aliphatic rings. The number of imidazole rings is 1. The molecule has 0 aliphatic carbocycles. The maximum atomic E-state index is 12.7. The number of amides is 1. The first-order valence-corrected chi connectivity index (χ1v) is 9.11. The van der Waals surface area contributed by atoms with E-state index in [1.54, 1.807) is 12.1 Å². The van der Waals surface area contributed by atoms with E-state index in [1.165, 1.54) is 23.0 Å². The van der Waals surface area contributed by atoms with Crippen molar-refractivity contribution in [2.45, 2.75) is 13.1 Å². The molecule has 0 radical (unpaired) electrons. The second-order valence-electron chi connectivity index (χ2n) is 6.63. The summed E-state index contributed by atoms with van der Waals surface area (Å²) in [5.74, 6) is -1.45. The van der Waals surface area contributed by atoms with Crippen molar-refractivity contribution in [3.05, 3.63) is 93.8 Å². The topological polar surface area (TPSA) is 130 Å². The Bertz CT molecular complexity index is 1280. The number of hydrogen-bond acceptors (Lipinski definition) is 5. The summed E-state index contributed by atoms with van der Waals surface area (Å²) < 4.78 is 1.36. The van der Waals surface area contributed by atoms with Gasteiger partial charge in [-0.2, -0.15) is 0 Å². The lowest BCUT2D eigenvalue weighted by molar-refractivity contribution is 0.0696. The summed E-state index contributed by atoms with van der Waals surface area (Å²) in [7, 11) is 0. The van der Waals surface area contributed by atoms with Gasteiger partial charge >= 0.3 is 5.97 Å². The molecule has 3 N–H and O–H groups in total. The highest BCUT2D eigenvalue weighted by atomic mass is 16.4. The summed E-state index contributed by atoms with van der Waals surface area (Å²) in [6.45, 7) is 0.539. The zero-order valence-electron chi connectivity index (χ0n) is 15.7. The minimum atomic E-state index is -1.02. The van der Waals surface area contributed by atoms with Crippen LogP contribution in [-0.2, 0) is 13.1 Å². The molecule has 0 unspecified atom stereocenters. The molecule has 1 amide bonds. The van der Waals surface area contributed by atoms with E-state index in [9.17, 15) is 14.4 Å². The maximum absolute atomic E-state index is 12.7. The van der Waals surface area contributed by atoms with Crippen LogP contribution >= 0.6 is 0 Å². The van der Waals surface area contributed by atoms with E-state index in [4.69, 9.17) is 5.11 Å². The van der Waals surface area contributed by atoms with Crippen LogP contribution in [0.4, 0.5) is 0 Å². The van der Waals surface area contributed by atoms with Crippen LogP contribution < -0.4 is 10.9 Å². The minimum absolute atomic E-state index is 0.00842. The van der Waals surface area contributed by atoms with Crippen LogP contribution in [0.2, 0.25) is 0 Å². The number of nitrogens with zero attached hydrogens (tertiary/aromatic N) is 3. The van der Waals surface area contributed by atoms with Crippen LogP contribution in [0.3, 0.4) is 0 Å². The average molecular weight is 403 g/mol. The molecule has 30 heavy (non-hydrogen) atoms. The molecule has 0 atom stereocenters. The number of carbonyl (C=O) groups is 2. The van der Waals surface area contributed by atoms with E-state index in [0.29, 0.717) is 6.54 Å². The molecule has 150 valence electrons. The van der Waals surface area contributed by atoms with Gasteiger partial charge in [0.05, 0.1) is 12.1 Å². The third-order valence-corrected chi connectivity index (χ3v) is 4.54. The fourth-order valence-corrected chi connectivity index (χ4v) is 2.96. The molecule has 2 aromatic heterocycles. The number of aromatic carboxylic acids is 1. The fourth-order valence-electron chi connectivity index (χ4n) is 2.96. The summed E-state index contributed by atoms with van der Waals surface area (Å²) >= 11 is 0. The third kappa shape index (κ3) is 3.95. The first kappa shape index (κ1) is 19.1. The maximum Gasteiger partial charge on any atom is 0.335 e. The van der Waals surface area contributed by atoms with Crippen molar-refractivity contribution in [1.29, 1.82) is 0 Å². The van der Waals surface area contributed by atoms with Gasteiger partial charge in [0.15, 0.2) is 17.0 Å². The lowest BCUT2D eigenvalue weighted by Crippen LogP contribution is -2.24. The Hall–Kier alpha value is -4.27. The molecule has 0 fully saturated rings. The monoisotopic (exact) mass is 403 g/mol. The van der Waals surface area contributed by atoms with Crippen molar-refractivity contribution in [3.63, 3.8) is 0 Å². The lowest BCUT2D eigenvalue weighted by atomic mass is 10.1. The van der Waals surface area contributed by atoms with Crippen LogP contribution in [-0.4, -0.2) is 36.5 Å². The normalized spacial score (nSPS) is 10.8. The van der Waals surface area contributed by atoms with Crippen molar-refractivity contribution in [3.8, 4) is 0 Å². The molecule has 4 rings (SSSR count). The fraction of sp³-hybridized carbons (Fsp3) is 0.0952. The number of rotatable bonds is 6. The summed E-state index contributed by atoms with van der Waals surface area (Å²) in [5, 5.41) is 11.7. The number of carboxylic acid groups (broad SMARTS) is 1. The average Bonchev–Trinajstić information content (AvgIpc) is 3.20. The molecule has 0 bridgehead atoms. The van der Waals surface area contributed by atoms with Crippen LogP contribution in [0.15, 0.2) is 65.7 Å². The smallest absolute Gasteiger partial charge is 0.335 e. The number of benzene rings is 2. The van der Waals surface area contributed by atoms with E-state index in [2.05, 4.69) is 20.3 Å². The summed E-state index contributed by atoms with van der Waals surface area (Å²) in [6.07, 6.45) is 1.35. The van der Waals surface area contributed by atoms with Gasteiger partial charge in [-0.15, -0.1) is 0 Å². The number of nitrogens with one attached hydrogen (secondary N) is 2. The molecule has 0 saturated heterocycles. The van der Waals surface area contributed by atoms with Crippen LogP contribution in [0.5, 0.6) is 0 Å². The molecular formula is C21H17N5O4. The highest BCUT2D eigenvalue weighted by Gasteiger charge is 2.15. The predicted molar refractivity (Wildman–Crippen MR) is 108 cm³/mol. The van der Waals surface area contributed by atoms with Crippen molar-refractivity contribution in [2.75, 3.05) is 0 Å². The Balaban J connectivity index is 1.53. The van der Waals surface area contributed by atoms with Gasteiger partial charge in [-0.1, -0.05) is 42.5 Å². The van der Waals surface area contributed by atoms with E-state index in [0.717, 1.165) is 11.1 Å². The third-order valence-electron chi connectivity index (χ3n) is 4.54. The van der Waals surface area contributed by atoms with Crippen molar-refractivity contribution in [2.24, 2.45) is 0 Å². The highest BCUT2D eigenvalue weighted by Crippen LogP contribution is 2.08. The molecular weight excluding hydrogens is 386 g/mol. The van der Waals surface area contributed by atoms with Gasteiger partial charge in [0, 0.05) is 6.54 Å². The summed E-state index contributed by atoms with van der Waals surface area (Å²) in [6, 6.07) is 15.6. The van der Waals surface area contributed by atoms with Gasteiger partial charge in [-0.3, -0.25) is 14.2 Å². The quantitative estimate of drug-likeness (QED) is 0.450. The van der Waals surface area contributed by atoms with Gasteiger partial charge in [0.25, 0.3) is 11.5 Å². The van der Waals surface area contributed by atoms with Gasteiger partial charge in [-0.05, 0) is 23.3 Å². The molecule has 0 aliphatic heterocycles. The SMILES string of the molecule is O=C(O)c1ccc(Cn2cnc3nc(C(=O)NCc4ccccc4)[nH]c3c2=O)cc1. The Morgan fingerprint density at radius 2 is 1.77 bits per heavy atom. The minimum Gasteiger partial charge on any atom is -0.478 e. The first-order chi connectivity index (χ1) is 14.5. The van der Waals surface area contributed by atoms with E-state index in [-0.39, 0.29) is 34.7 Å². The number of H-pyrrole nitrogens is 1. The Morgan fingerprint density at radius 3 is 2.47 bits per heavy atom. The van der Waals surface area contributed by atoms with Crippen molar-refractivity contribution >= 4 is 23.0 Å². The standard InChI is InChI=1S/C21H17N5O4/c27-19(22-10-13-4-2-1-3-5-13)18-24-16-17(25-18)23-12-26(20(16)28)11-14-6-8-15(9-7-14)21(29)30/h1-9,12H,10-11H2,(H,22,27)(H,24,25)(H,29,30). The molecule has 2 heterocycles. The zero-order chi connectivity index (χ0) is 21.1. The molecule has 4 aromatic rings. The van der Waals surface area contributed by atoms with Crippen LogP contribution in [0.1, 0.15) is 32.1 Å². The number of carboxylic acids is 1. The van der Waals surface area contributed by atoms with Crippen molar-refractivity contribution < 1.29 is 14.7 Å². The zero-order valence-corrected chi connectivity index (χ0v) is 15.7. The van der Waals surface area contributed by atoms with Crippen LogP contribution in [0, 0.1) is 0 Å². The predicted octanol–water partition coefficient (Wildman–Crippen LogP) is 1.80. The number of aromatic amines is 1. The first-order valence-electron chi connectivity index (χ1n) is 9.11. The second-order valence-corrected chi connectivity index (χ2v) is 6.63. The van der Waals surface area contributed by atoms with Crippen molar-refractivity contribution in [1.82, 2.24) is 24.8 Å². The van der Waals surface area contributed by atoms with E-state index < -0.39 is 11.9 Å². The van der Waals surface area contributed by atoms with E-state index in [1.807, 2.05) is 30.3 Å². The van der Waals surface area contributed by atoms with Gasteiger partial charge in [0.2, 0.25) is 0 Å².